The zero-order valence-corrected chi connectivity index (χ0v) is 16.5. The molecule has 4 nitrogen and oxygen atoms in total. The first-order valence-electron chi connectivity index (χ1n) is 10.4. The number of allylic oxidation sites excluding steroid dienone is 1. The molecule has 0 radical (unpaired) electrons. The molecule has 25 heavy (non-hydrogen) atoms. The lowest BCUT2D eigenvalue weighted by Gasteiger charge is -2.19. The van der Waals surface area contributed by atoms with Crippen molar-refractivity contribution in [1.29, 1.82) is 0 Å². The van der Waals surface area contributed by atoms with Crippen LogP contribution in [0.3, 0.4) is 0 Å². The number of amides is 1. The van der Waals surface area contributed by atoms with Gasteiger partial charge in [-0.1, -0.05) is 90.2 Å². The van der Waals surface area contributed by atoms with E-state index in [1.807, 2.05) is 6.08 Å². The summed E-state index contributed by atoms with van der Waals surface area (Å²) in [6.07, 6.45) is 18.7. The number of carbonyl (C=O) groups is 1. The van der Waals surface area contributed by atoms with Crippen LogP contribution in [-0.2, 0) is 4.79 Å². The van der Waals surface area contributed by atoms with Gasteiger partial charge in [-0.3, -0.25) is 4.79 Å². The molecule has 0 aliphatic rings. The van der Waals surface area contributed by atoms with Gasteiger partial charge in [-0.15, -0.1) is 0 Å². The molecule has 0 aromatic carbocycles. The Hall–Kier alpha value is -0.870. The number of rotatable bonds is 17. The second kappa shape index (κ2) is 17.9. The van der Waals surface area contributed by atoms with Crippen LogP contribution in [0.4, 0.5) is 0 Å². The maximum Gasteiger partial charge on any atom is 0.220 e. The summed E-state index contributed by atoms with van der Waals surface area (Å²) in [6.45, 7) is 3.75. The van der Waals surface area contributed by atoms with Crippen molar-refractivity contribution in [2.75, 3.05) is 6.61 Å². The summed E-state index contributed by atoms with van der Waals surface area (Å²) in [4.78, 5) is 11.3. The predicted molar refractivity (Wildman–Crippen MR) is 106 cm³/mol. The van der Waals surface area contributed by atoms with E-state index in [0.717, 1.165) is 12.8 Å². The Kier molecular flexibility index (Phi) is 17.3. The number of carbonyl (C=O) groups excluding carboxylic acids is 1. The van der Waals surface area contributed by atoms with Crippen molar-refractivity contribution in [1.82, 2.24) is 5.32 Å². The molecule has 1 amide bonds. The number of hydrogen-bond donors (Lipinski definition) is 3. The molecule has 0 fully saturated rings. The minimum atomic E-state index is -0.826. The molecule has 2 unspecified atom stereocenters. The molecule has 0 aromatic rings. The lowest BCUT2D eigenvalue weighted by Crippen LogP contribution is -2.44. The second-order valence-electron chi connectivity index (χ2n) is 6.95. The van der Waals surface area contributed by atoms with E-state index in [2.05, 4.69) is 12.2 Å². The molecule has 3 N–H and O–H groups in total. The molecule has 0 bridgehead atoms. The molecule has 0 aromatic heterocycles. The van der Waals surface area contributed by atoms with Gasteiger partial charge < -0.3 is 15.5 Å². The summed E-state index contributed by atoms with van der Waals surface area (Å²) < 4.78 is 0. The third kappa shape index (κ3) is 15.1. The van der Waals surface area contributed by atoms with Crippen LogP contribution >= 0.6 is 0 Å². The molecule has 4 heteroatoms. The zero-order chi connectivity index (χ0) is 18.8. The maximum atomic E-state index is 11.3. The van der Waals surface area contributed by atoms with Crippen LogP contribution < -0.4 is 5.32 Å². The molecule has 0 saturated heterocycles. The van der Waals surface area contributed by atoms with Gasteiger partial charge in [0.2, 0.25) is 5.91 Å². The van der Waals surface area contributed by atoms with Crippen LogP contribution in [0.1, 0.15) is 97.3 Å². The van der Waals surface area contributed by atoms with Gasteiger partial charge in [0.25, 0.3) is 0 Å². The van der Waals surface area contributed by atoms with Crippen molar-refractivity contribution in [2.24, 2.45) is 0 Å². The predicted octanol–water partition coefficient (Wildman–Crippen LogP) is 4.49. The average molecular weight is 356 g/mol. The maximum absolute atomic E-state index is 11.3. The Morgan fingerprint density at radius 2 is 1.44 bits per heavy atom. The van der Waals surface area contributed by atoms with E-state index in [1.54, 1.807) is 13.0 Å². The minimum Gasteiger partial charge on any atom is -0.394 e. The second-order valence-corrected chi connectivity index (χ2v) is 6.95. The lowest BCUT2D eigenvalue weighted by molar-refractivity contribution is -0.122. The van der Waals surface area contributed by atoms with Gasteiger partial charge in [-0.25, -0.2) is 0 Å². The summed E-state index contributed by atoms with van der Waals surface area (Å²) in [5.74, 6) is -0.156. The third-order valence-electron chi connectivity index (χ3n) is 4.58. The number of unbranched alkanes of at least 4 members (excludes halogenated alkanes) is 11. The smallest absolute Gasteiger partial charge is 0.220 e. The van der Waals surface area contributed by atoms with Crippen LogP contribution in [-0.4, -0.2) is 34.9 Å². The molecule has 0 heterocycles. The normalized spacial score (nSPS) is 13.9. The van der Waals surface area contributed by atoms with Crippen LogP contribution in [0, 0.1) is 0 Å². The van der Waals surface area contributed by atoms with E-state index in [0.29, 0.717) is 6.42 Å². The van der Waals surface area contributed by atoms with Crippen LogP contribution in [0.15, 0.2) is 12.2 Å². The molecule has 0 rings (SSSR count). The zero-order valence-electron chi connectivity index (χ0n) is 16.5. The largest absolute Gasteiger partial charge is 0.394 e. The molecule has 0 saturated carbocycles. The van der Waals surface area contributed by atoms with E-state index in [9.17, 15) is 15.0 Å². The Bertz CT molecular complexity index is 331. The van der Waals surface area contributed by atoms with E-state index in [-0.39, 0.29) is 12.5 Å². The molecule has 0 spiro atoms. The first-order valence-corrected chi connectivity index (χ1v) is 10.4. The van der Waals surface area contributed by atoms with Crippen molar-refractivity contribution in [3.8, 4) is 0 Å². The summed E-state index contributed by atoms with van der Waals surface area (Å²) in [6, 6.07) is -0.610. The average Bonchev–Trinajstić information content (AvgIpc) is 2.63. The summed E-state index contributed by atoms with van der Waals surface area (Å²) in [5.41, 5.74) is 0. The molecule has 0 aliphatic heterocycles. The van der Waals surface area contributed by atoms with Crippen molar-refractivity contribution < 1.29 is 15.0 Å². The Balaban J connectivity index is 3.54. The van der Waals surface area contributed by atoms with E-state index in [4.69, 9.17) is 0 Å². The lowest BCUT2D eigenvalue weighted by atomic mass is 10.0. The fourth-order valence-corrected chi connectivity index (χ4v) is 2.84. The minimum absolute atomic E-state index is 0.156. The Morgan fingerprint density at radius 1 is 0.920 bits per heavy atom. The van der Waals surface area contributed by atoms with E-state index < -0.39 is 12.1 Å². The highest BCUT2D eigenvalue weighted by atomic mass is 16.3. The first-order chi connectivity index (χ1) is 12.2. The van der Waals surface area contributed by atoms with E-state index >= 15 is 0 Å². The quantitative estimate of drug-likeness (QED) is 0.266. The number of aliphatic hydroxyl groups excluding tert-OH is 2. The number of nitrogens with one attached hydrogen (secondary N) is 1. The van der Waals surface area contributed by atoms with Crippen molar-refractivity contribution in [3.05, 3.63) is 12.2 Å². The fraction of sp³-hybridized carbons (Fsp3) is 0.857. The fourth-order valence-electron chi connectivity index (χ4n) is 2.84. The standard InChI is InChI=1S/C21H41NO3/c1-3-5-6-7-8-9-10-11-12-13-14-15-16-17-20(24)19(18-23)22-21(25)4-2/h16-17,19-20,23-24H,3-15,18H2,1-2H3,(H,22,25)/b17-16+. The van der Waals surface area contributed by atoms with Crippen molar-refractivity contribution in [3.63, 3.8) is 0 Å². The number of hydrogen-bond acceptors (Lipinski definition) is 3. The summed E-state index contributed by atoms with van der Waals surface area (Å²) in [5, 5.41) is 21.8. The van der Waals surface area contributed by atoms with Gasteiger partial charge >= 0.3 is 0 Å². The SMILES string of the molecule is CCCCCCCCCCCCC/C=C/C(O)C(CO)NC(=O)CC. The van der Waals surface area contributed by atoms with Crippen LogP contribution in [0.5, 0.6) is 0 Å². The van der Waals surface area contributed by atoms with Gasteiger partial charge in [0.05, 0.1) is 18.8 Å². The van der Waals surface area contributed by atoms with E-state index in [1.165, 1.54) is 64.2 Å². The Labute approximate surface area is 155 Å². The van der Waals surface area contributed by atoms with Crippen molar-refractivity contribution in [2.45, 2.75) is 109 Å². The van der Waals surface area contributed by atoms with Gasteiger partial charge in [0.1, 0.15) is 0 Å². The molecular weight excluding hydrogens is 314 g/mol. The highest BCUT2D eigenvalue weighted by Gasteiger charge is 2.17. The van der Waals surface area contributed by atoms with Gasteiger partial charge in [-0.2, -0.15) is 0 Å². The topological polar surface area (TPSA) is 69.6 Å². The molecular formula is C21H41NO3. The molecule has 2 atom stereocenters. The van der Waals surface area contributed by atoms with Crippen LogP contribution in [0.25, 0.3) is 0 Å². The highest BCUT2D eigenvalue weighted by Crippen LogP contribution is 2.12. The van der Waals surface area contributed by atoms with Crippen LogP contribution in [0.2, 0.25) is 0 Å². The van der Waals surface area contributed by atoms with Crippen molar-refractivity contribution >= 4 is 5.91 Å². The first kappa shape index (κ1) is 24.1. The molecule has 148 valence electrons. The Morgan fingerprint density at radius 3 is 1.92 bits per heavy atom. The molecule has 0 aliphatic carbocycles. The third-order valence-corrected chi connectivity index (χ3v) is 4.58. The van der Waals surface area contributed by atoms with Gasteiger partial charge in [-0.05, 0) is 12.8 Å². The highest BCUT2D eigenvalue weighted by molar-refractivity contribution is 5.75. The van der Waals surface area contributed by atoms with Gasteiger partial charge in [0.15, 0.2) is 0 Å². The van der Waals surface area contributed by atoms with Gasteiger partial charge in [0, 0.05) is 6.42 Å². The monoisotopic (exact) mass is 355 g/mol. The number of aliphatic hydroxyl groups is 2. The summed E-state index contributed by atoms with van der Waals surface area (Å²) in [7, 11) is 0. The summed E-state index contributed by atoms with van der Waals surface area (Å²) >= 11 is 0.